The number of phenols is 1. The second kappa shape index (κ2) is 11.4. The van der Waals surface area contributed by atoms with Crippen LogP contribution < -0.4 is 10.6 Å². The van der Waals surface area contributed by atoms with Gasteiger partial charge >= 0.3 is 0 Å². The second-order valence-corrected chi connectivity index (χ2v) is 10.8. The first-order valence-corrected chi connectivity index (χ1v) is 13.1. The zero-order valence-electron chi connectivity index (χ0n) is 20.1. The van der Waals surface area contributed by atoms with E-state index in [2.05, 4.69) is 10.6 Å². The summed E-state index contributed by atoms with van der Waals surface area (Å²) in [5, 5.41) is 14.2. The molecule has 3 N–H and O–H groups in total. The van der Waals surface area contributed by atoms with Crippen LogP contribution in [0.1, 0.15) is 31.4 Å². The van der Waals surface area contributed by atoms with Crippen LogP contribution in [0.3, 0.4) is 0 Å². The van der Waals surface area contributed by atoms with Gasteiger partial charge in [0.25, 0.3) is 5.91 Å². The van der Waals surface area contributed by atoms with Crippen molar-refractivity contribution in [2.24, 2.45) is 0 Å². The summed E-state index contributed by atoms with van der Waals surface area (Å²) in [6.07, 6.45) is 1.75. The first kappa shape index (κ1) is 27.0. The molecule has 188 valence electrons. The Morgan fingerprint density at radius 1 is 1.00 bits per heavy atom. The molecule has 3 aromatic carbocycles. The predicted molar refractivity (Wildman–Crippen MR) is 143 cm³/mol. The molecule has 0 spiro atoms. The molecule has 0 saturated carbocycles. The summed E-state index contributed by atoms with van der Waals surface area (Å²) in [4.78, 5) is 25.5. The molecule has 0 aromatic heterocycles. The van der Waals surface area contributed by atoms with E-state index >= 15 is 0 Å². The summed E-state index contributed by atoms with van der Waals surface area (Å²) in [5.74, 6) is -1.57. The van der Waals surface area contributed by atoms with Crippen molar-refractivity contribution in [1.29, 1.82) is 0 Å². The number of aromatic hydroxyl groups is 1. The van der Waals surface area contributed by atoms with Crippen LogP contribution in [-0.4, -0.2) is 30.6 Å². The highest BCUT2D eigenvalue weighted by Gasteiger charge is 2.33. The zero-order valence-corrected chi connectivity index (χ0v) is 21.7. The third kappa shape index (κ3) is 6.33. The molecule has 1 atom stereocenters. The average molecular weight is 527 g/mol. The average Bonchev–Trinajstić information content (AvgIpc) is 2.83. The first-order valence-electron chi connectivity index (χ1n) is 11.2. The summed E-state index contributed by atoms with van der Waals surface area (Å²) >= 11 is 6.29. The Bertz CT molecular complexity index is 1420. The largest absolute Gasteiger partial charge is 0.506 e. The molecule has 0 fully saturated rings. The van der Waals surface area contributed by atoms with Crippen molar-refractivity contribution in [2.45, 2.75) is 37.3 Å². The molecule has 0 aliphatic heterocycles. The number of phenolic OH excluding ortho intramolecular Hbond substituents is 1. The lowest BCUT2D eigenvalue weighted by molar-refractivity contribution is -0.116. The van der Waals surface area contributed by atoms with E-state index < -0.39 is 26.9 Å². The Balaban J connectivity index is 1.77. The van der Waals surface area contributed by atoms with E-state index in [1.165, 1.54) is 18.2 Å². The molecule has 1 unspecified atom stereocenters. The lowest BCUT2D eigenvalue weighted by Crippen LogP contribution is -2.34. The van der Waals surface area contributed by atoms with E-state index in [1.807, 2.05) is 31.2 Å². The number of carbonyl (C=O) groups is 2. The van der Waals surface area contributed by atoms with E-state index in [1.54, 1.807) is 38.1 Å². The van der Waals surface area contributed by atoms with Crippen LogP contribution in [0.2, 0.25) is 5.02 Å². The normalized spacial score (nSPS) is 12.6. The number of sulfone groups is 1. The van der Waals surface area contributed by atoms with Crippen molar-refractivity contribution < 1.29 is 23.1 Å². The van der Waals surface area contributed by atoms with Gasteiger partial charge in [0.1, 0.15) is 11.0 Å². The Morgan fingerprint density at radius 2 is 1.69 bits per heavy atom. The van der Waals surface area contributed by atoms with E-state index in [4.69, 9.17) is 11.6 Å². The van der Waals surface area contributed by atoms with Gasteiger partial charge in [-0.2, -0.15) is 0 Å². The molecular formula is C27H27ClN2O5S. The van der Waals surface area contributed by atoms with Crippen LogP contribution in [-0.2, 0) is 19.4 Å². The van der Waals surface area contributed by atoms with Gasteiger partial charge in [0.2, 0.25) is 5.91 Å². The zero-order chi connectivity index (χ0) is 26.5. The number of benzene rings is 3. The number of carbonyl (C=O) groups excluding carboxylic acids is 2. The molecule has 0 radical (unpaired) electrons. The molecule has 9 heteroatoms. The van der Waals surface area contributed by atoms with Crippen LogP contribution >= 0.6 is 11.6 Å². The SMILES string of the molecule is CCC(C(=O)Nc1cc(O)c(NC(=O)/C(C)=C/c2cccc(C)c2)cc1Cl)S(=O)(=O)c1ccccc1. The summed E-state index contributed by atoms with van der Waals surface area (Å²) in [7, 11) is -3.94. The number of rotatable bonds is 8. The van der Waals surface area contributed by atoms with Crippen LogP contribution in [0.15, 0.2) is 77.2 Å². The standard InChI is InChI=1S/C27H27ClN2O5S/c1-4-25(36(34,35)20-11-6-5-7-12-20)27(33)29-22-16-24(31)23(15-21(22)28)30-26(32)18(3)14-19-10-8-9-17(2)13-19/h5-16,25,31H,4H2,1-3H3,(H,29,33)(H,30,32)/b18-14+. The number of anilines is 2. The number of aryl methyl sites for hydroxylation is 1. The summed E-state index contributed by atoms with van der Waals surface area (Å²) in [6, 6.07) is 17.8. The Morgan fingerprint density at radius 3 is 2.33 bits per heavy atom. The van der Waals surface area contributed by atoms with E-state index in [0.29, 0.717) is 5.57 Å². The van der Waals surface area contributed by atoms with E-state index in [9.17, 15) is 23.1 Å². The quantitative estimate of drug-likeness (QED) is 0.262. The first-order chi connectivity index (χ1) is 17.0. The fourth-order valence-electron chi connectivity index (χ4n) is 3.59. The fourth-order valence-corrected chi connectivity index (χ4v) is 5.44. The van der Waals surface area contributed by atoms with Crippen LogP contribution in [0, 0.1) is 6.92 Å². The number of amides is 2. The van der Waals surface area contributed by atoms with Gasteiger partial charge in [-0.05, 0) is 50.1 Å². The predicted octanol–water partition coefficient (Wildman–Crippen LogP) is 5.59. The molecule has 0 saturated heterocycles. The monoisotopic (exact) mass is 526 g/mol. The highest BCUT2D eigenvalue weighted by atomic mass is 35.5. The van der Waals surface area contributed by atoms with Crippen LogP contribution in [0.4, 0.5) is 11.4 Å². The molecule has 36 heavy (non-hydrogen) atoms. The summed E-state index contributed by atoms with van der Waals surface area (Å²) in [6.45, 7) is 5.19. The van der Waals surface area contributed by atoms with Gasteiger partial charge in [-0.1, -0.05) is 66.6 Å². The highest BCUT2D eigenvalue weighted by molar-refractivity contribution is 7.92. The fraction of sp³-hybridized carbons (Fsp3) is 0.185. The van der Waals surface area contributed by atoms with Gasteiger partial charge in [0, 0.05) is 11.6 Å². The van der Waals surface area contributed by atoms with Gasteiger partial charge in [0.05, 0.1) is 21.3 Å². The van der Waals surface area contributed by atoms with Crippen molar-refractivity contribution in [3.8, 4) is 5.75 Å². The van der Waals surface area contributed by atoms with Crippen molar-refractivity contribution >= 4 is 50.7 Å². The third-order valence-electron chi connectivity index (χ3n) is 5.48. The van der Waals surface area contributed by atoms with Crippen molar-refractivity contribution in [1.82, 2.24) is 0 Å². The Kier molecular flexibility index (Phi) is 8.55. The third-order valence-corrected chi connectivity index (χ3v) is 8.02. The van der Waals surface area contributed by atoms with Gasteiger partial charge in [-0.3, -0.25) is 9.59 Å². The number of halogens is 1. The molecule has 0 aliphatic carbocycles. The van der Waals surface area contributed by atoms with Crippen molar-refractivity contribution in [2.75, 3.05) is 10.6 Å². The second-order valence-electron chi connectivity index (χ2n) is 8.29. The lowest BCUT2D eigenvalue weighted by Gasteiger charge is -2.17. The topological polar surface area (TPSA) is 113 Å². The Labute approximate surface area is 215 Å². The van der Waals surface area contributed by atoms with E-state index in [-0.39, 0.29) is 33.5 Å². The molecule has 0 heterocycles. The van der Waals surface area contributed by atoms with Crippen LogP contribution in [0.5, 0.6) is 5.75 Å². The molecular weight excluding hydrogens is 500 g/mol. The smallest absolute Gasteiger partial charge is 0.251 e. The van der Waals surface area contributed by atoms with Crippen molar-refractivity contribution in [3.63, 3.8) is 0 Å². The summed E-state index contributed by atoms with van der Waals surface area (Å²) in [5.41, 5.74) is 2.39. The number of hydrogen-bond acceptors (Lipinski definition) is 5. The minimum absolute atomic E-state index is 0.0173. The molecule has 7 nitrogen and oxygen atoms in total. The number of hydrogen-bond donors (Lipinski definition) is 3. The molecule has 0 aliphatic rings. The molecule has 3 rings (SSSR count). The van der Waals surface area contributed by atoms with Gasteiger partial charge in [-0.15, -0.1) is 0 Å². The molecule has 0 bridgehead atoms. The van der Waals surface area contributed by atoms with E-state index in [0.717, 1.165) is 17.2 Å². The Hall–Kier alpha value is -3.62. The minimum Gasteiger partial charge on any atom is -0.506 e. The highest BCUT2D eigenvalue weighted by Crippen LogP contribution is 2.34. The minimum atomic E-state index is -3.94. The van der Waals surface area contributed by atoms with Crippen molar-refractivity contribution in [3.05, 3.63) is 88.5 Å². The van der Waals surface area contributed by atoms with Gasteiger partial charge in [-0.25, -0.2) is 8.42 Å². The van der Waals surface area contributed by atoms with Gasteiger partial charge < -0.3 is 15.7 Å². The lowest BCUT2D eigenvalue weighted by atomic mass is 10.1. The van der Waals surface area contributed by atoms with Crippen LogP contribution in [0.25, 0.3) is 6.08 Å². The maximum Gasteiger partial charge on any atom is 0.251 e. The maximum atomic E-state index is 12.9. The molecule has 2 amide bonds. The van der Waals surface area contributed by atoms with Gasteiger partial charge in [0.15, 0.2) is 9.84 Å². The maximum absolute atomic E-state index is 12.9. The summed E-state index contributed by atoms with van der Waals surface area (Å²) < 4.78 is 25.9. The molecule has 3 aromatic rings. The number of nitrogens with one attached hydrogen (secondary N) is 2.